The van der Waals surface area contributed by atoms with Crippen LogP contribution >= 0.6 is 11.6 Å². The molecule has 1 aromatic heterocycles. The molecule has 1 aromatic carbocycles. The number of nitrogens with one attached hydrogen (secondary N) is 2. The number of rotatable bonds is 6. The summed E-state index contributed by atoms with van der Waals surface area (Å²) >= 11 is 6.40. The zero-order valence-corrected chi connectivity index (χ0v) is 12.7. The number of fused-ring (bicyclic) bond motifs is 1. The van der Waals surface area contributed by atoms with Gasteiger partial charge in [-0.15, -0.1) is 0 Å². The number of halogens is 1. The van der Waals surface area contributed by atoms with Crippen LogP contribution in [0.2, 0.25) is 5.02 Å². The highest BCUT2D eigenvalue weighted by Gasteiger charge is 2.10. The van der Waals surface area contributed by atoms with Crippen molar-refractivity contribution in [3.05, 3.63) is 35.0 Å². The molecule has 1 atom stereocenters. The molecule has 2 rings (SSSR count). The second-order valence-electron chi connectivity index (χ2n) is 5.72. The van der Waals surface area contributed by atoms with E-state index in [9.17, 15) is 0 Å². The zero-order chi connectivity index (χ0) is 13.8. The minimum atomic E-state index is 0.518. The van der Waals surface area contributed by atoms with Crippen LogP contribution in [0.5, 0.6) is 0 Å². The van der Waals surface area contributed by atoms with Gasteiger partial charge < -0.3 is 10.3 Å². The monoisotopic (exact) mass is 278 g/mol. The molecule has 104 valence electrons. The Morgan fingerprint density at radius 2 is 1.89 bits per heavy atom. The average Bonchev–Trinajstić information content (AvgIpc) is 2.71. The molecule has 0 aliphatic carbocycles. The van der Waals surface area contributed by atoms with Gasteiger partial charge in [-0.3, -0.25) is 0 Å². The van der Waals surface area contributed by atoms with Gasteiger partial charge in [0.1, 0.15) is 0 Å². The molecular formula is C16H23ClN2. The highest BCUT2D eigenvalue weighted by Crippen LogP contribution is 2.27. The third kappa shape index (κ3) is 3.74. The number of hydrogen-bond donors (Lipinski definition) is 2. The molecular weight excluding hydrogens is 256 g/mol. The number of benzene rings is 1. The van der Waals surface area contributed by atoms with E-state index >= 15 is 0 Å². The first kappa shape index (κ1) is 14.4. The SMILES string of the molecule is CC(C)CCC(C)NCc1[nH]c2ccccc2c1Cl. The summed E-state index contributed by atoms with van der Waals surface area (Å²) in [6.07, 6.45) is 2.46. The number of para-hydroxylation sites is 1. The van der Waals surface area contributed by atoms with E-state index < -0.39 is 0 Å². The summed E-state index contributed by atoms with van der Waals surface area (Å²) in [5.74, 6) is 0.765. The van der Waals surface area contributed by atoms with E-state index in [0.29, 0.717) is 6.04 Å². The van der Waals surface area contributed by atoms with E-state index in [-0.39, 0.29) is 0 Å². The molecule has 2 aromatic rings. The van der Waals surface area contributed by atoms with Crippen molar-refractivity contribution in [3.63, 3.8) is 0 Å². The lowest BCUT2D eigenvalue weighted by Gasteiger charge is -2.14. The molecule has 2 N–H and O–H groups in total. The minimum Gasteiger partial charge on any atom is -0.356 e. The van der Waals surface area contributed by atoms with Crippen molar-refractivity contribution in [2.75, 3.05) is 0 Å². The zero-order valence-electron chi connectivity index (χ0n) is 12.0. The van der Waals surface area contributed by atoms with Crippen LogP contribution in [0.1, 0.15) is 39.3 Å². The van der Waals surface area contributed by atoms with Gasteiger partial charge in [-0.2, -0.15) is 0 Å². The van der Waals surface area contributed by atoms with E-state index in [1.807, 2.05) is 12.1 Å². The van der Waals surface area contributed by atoms with Gasteiger partial charge in [0.25, 0.3) is 0 Å². The van der Waals surface area contributed by atoms with Gasteiger partial charge in [-0.25, -0.2) is 0 Å². The number of H-pyrrole nitrogens is 1. The van der Waals surface area contributed by atoms with Crippen LogP contribution < -0.4 is 5.32 Å². The van der Waals surface area contributed by atoms with Crippen molar-refractivity contribution in [2.45, 2.75) is 46.2 Å². The fraction of sp³-hybridized carbons (Fsp3) is 0.500. The van der Waals surface area contributed by atoms with Crippen molar-refractivity contribution in [3.8, 4) is 0 Å². The van der Waals surface area contributed by atoms with Gasteiger partial charge in [0.15, 0.2) is 0 Å². The van der Waals surface area contributed by atoms with Gasteiger partial charge in [0.05, 0.1) is 5.02 Å². The van der Waals surface area contributed by atoms with Crippen LogP contribution in [0.15, 0.2) is 24.3 Å². The molecule has 0 bridgehead atoms. The Balaban J connectivity index is 1.96. The lowest BCUT2D eigenvalue weighted by atomic mass is 10.0. The molecule has 0 amide bonds. The Labute approximate surface area is 120 Å². The first-order valence-electron chi connectivity index (χ1n) is 7.06. The van der Waals surface area contributed by atoms with Crippen LogP contribution in [0.25, 0.3) is 10.9 Å². The topological polar surface area (TPSA) is 27.8 Å². The minimum absolute atomic E-state index is 0.518. The predicted molar refractivity (Wildman–Crippen MR) is 83.7 cm³/mol. The highest BCUT2D eigenvalue weighted by molar-refractivity contribution is 6.36. The molecule has 3 heteroatoms. The quantitative estimate of drug-likeness (QED) is 0.785. The van der Waals surface area contributed by atoms with E-state index in [2.05, 4.69) is 43.2 Å². The maximum Gasteiger partial charge on any atom is 0.0705 e. The van der Waals surface area contributed by atoms with E-state index in [0.717, 1.165) is 34.1 Å². The highest BCUT2D eigenvalue weighted by atomic mass is 35.5. The lowest BCUT2D eigenvalue weighted by Crippen LogP contribution is -2.26. The number of hydrogen-bond acceptors (Lipinski definition) is 1. The summed E-state index contributed by atoms with van der Waals surface area (Å²) in [7, 11) is 0. The van der Waals surface area contributed by atoms with Gasteiger partial charge in [-0.1, -0.05) is 43.6 Å². The summed E-state index contributed by atoms with van der Waals surface area (Å²) in [4.78, 5) is 3.39. The van der Waals surface area contributed by atoms with E-state index in [1.165, 1.54) is 12.8 Å². The van der Waals surface area contributed by atoms with Crippen LogP contribution in [0, 0.1) is 5.92 Å². The maximum atomic E-state index is 6.40. The van der Waals surface area contributed by atoms with Crippen molar-refractivity contribution in [1.29, 1.82) is 0 Å². The van der Waals surface area contributed by atoms with Gasteiger partial charge >= 0.3 is 0 Å². The van der Waals surface area contributed by atoms with Crippen molar-refractivity contribution >= 4 is 22.5 Å². The Bertz CT molecular complexity index is 531. The molecule has 1 unspecified atom stereocenters. The number of aromatic amines is 1. The molecule has 19 heavy (non-hydrogen) atoms. The Morgan fingerprint density at radius 1 is 1.16 bits per heavy atom. The molecule has 0 aliphatic heterocycles. The molecule has 2 nitrogen and oxygen atoms in total. The lowest BCUT2D eigenvalue weighted by molar-refractivity contribution is 0.449. The van der Waals surface area contributed by atoms with Crippen molar-refractivity contribution < 1.29 is 0 Å². The number of aromatic nitrogens is 1. The first-order chi connectivity index (χ1) is 9.08. The van der Waals surface area contributed by atoms with Crippen molar-refractivity contribution in [1.82, 2.24) is 10.3 Å². The molecule has 1 heterocycles. The van der Waals surface area contributed by atoms with E-state index in [1.54, 1.807) is 0 Å². The van der Waals surface area contributed by atoms with Gasteiger partial charge in [-0.05, 0) is 31.7 Å². The van der Waals surface area contributed by atoms with Crippen LogP contribution in [-0.4, -0.2) is 11.0 Å². The molecule has 0 fully saturated rings. The molecule has 0 aliphatic rings. The van der Waals surface area contributed by atoms with Crippen LogP contribution in [-0.2, 0) is 6.54 Å². The maximum absolute atomic E-state index is 6.40. The standard InChI is InChI=1S/C16H23ClN2/c1-11(2)8-9-12(3)18-10-15-16(17)13-6-4-5-7-14(13)19-15/h4-7,11-12,18-19H,8-10H2,1-3H3. The van der Waals surface area contributed by atoms with Gasteiger partial charge in [0.2, 0.25) is 0 Å². The van der Waals surface area contributed by atoms with Crippen LogP contribution in [0.3, 0.4) is 0 Å². The summed E-state index contributed by atoms with van der Waals surface area (Å²) < 4.78 is 0. The Morgan fingerprint density at radius 3 is 2.58 bits per heavy atom. The predicted octanol–water partition coefficient (Wildman–Crippen LogP) is 4.74. The fourth-order valence-electron chi connectivity index (χ4n) is 2.25. The summed E-state index contributed by atoms with van der Waals surface area (Å²) in [5, 5.41) is 5.49. The normalized spacial score (nSPS) is 13.3. The first-order valence-corrected chi connectivity index (χ1v) is 7.44. The third-order valence-corrected chi connectivity index (χ3v) is 3.95. The van der Waals surface area contributed by atoms with Crippen LogP contribution in [0.4, 0.5) is 0 Å². The average molecular weight is 279 g/mol. The second-order valence-corrected chi connectivity index (χ2v) is 6.09. The molecule has 0 spiro atoms. The smallest absolute Gasteiger partial charge is 0.0705 e. The Kier molecular flexibility index (Phi) is 4.89. The summed E-state index contributed by atoms with van der Waals surface area (Å²) in [5.41, 5.74) is 2.19. The fourth-order valence-corrected chi connectivity index (χ4v) is 2.53. The largest absolute Gasteiger partial charge is 0.356 e. The second kappa shape index (κ2) is 6.44. The van der Waals surface area contributed by atoms with Gasteiger partial charge in [0, 0.05) is 29.2 Å². The third-order valence-electron chi connectivity index (χ3n) is 3.52. The van der Waals surface area contributed by atoms with Crippen molar-refractivity contribution in [2.24, 2.45) is 5.92 Å². The molecule has 0 saturated carbocycles. The Hall–Kier alpha value is -0.990. The molecule has 0 saturated heterocycles. The molecule has 0 radical (unpaired) electrons. The van der Waals surface area contributed by atoms with E-state index in [4.69, 9.17) is 11.6 Å². The summed E-state index contributed by atoms with van der Waals surface area (Å²) in [6, 6.07) is 8.68. The summed E-state index contributed by atoms with van der Waals surface area (Å²) in [6.45, 7) is 7.56.